The molecule has 2 aromatic carbocycles. The lowest BCUT2D eigenvalue weighted by molar-refractivity contribution is -0.116. The van der Waals surface area contributed by atoms with E-state index in [2.05, 4.69) is 23.1 Å². The highest BCUT2D eigenvalue weighted by molar-refractivity contribution is 6.06. The number of carbonyl (C=O) groups excluding carboxylic acids is 1. The molecule has 0 bridgehead atoms. The van der Waals surface area contributed by atoms with Gasteiger partial charge in [0, 0.05) is 25.2 Å². The fourth-order valence-electron chi connectivity index (χ4n) is 3.86. The van der Waals surface area contributed by atoms with Gasteiger partial charge in [-0.3, -0.25) is 4.79 Å². The van der Waals surface area contributed by atoms with Crippen LogP contribution in [0.25, 0.3) is 16.3 Å². The van der Waals surface area contributed by atoms with Crippen molar-refractivity contribution in [3.8, 4) is 6.07 Å². The van der Waals surface area contributed by atoms with Gasteiger partial charge in [-0.1, -0.05) is 18.2 Å². The number of hydrogen-bond donors (Lipinski definition) is 3. The summed E-state index contributed by atoms with van der Waals surface area (Å²) in [4.78, 5) is 14.9. The van der Waals surface area contributed by atoms with E-state index in [0.717, 1.165) is 29.4 Å². The normalized spacial score (nSPS) is 16.8. The number of nitrogens with zero attached hydrogens (tertiary/aromatic N) is 2. The van der Waals surface area contributed by atoms with E-state index < -0.39 is 18.8 Å². The second kappa shape index (κ2) is 9.86. The van der Waals surface area contributed by atoms with Crippen molar-refractivity contribution in [2.45, 2.75) is 44.8 Å². The molecule has 3 N–H and O–H groups in total. The van der Waals surface area contributed by atoms with Crippen molar-refractivity contribution in [1.82, 2.24) is 0 Å². The largest absolute Gasteiger partial charge is 0.394 e. The van der Waals surface area contributed by atoms with Crippen LogP contribution >= 0.6 is 0 Å². The molecule has 30 heavy (non-hydrogen) atoms. The minimum Gasteiger partial charge on any atom is -0.394 e. The number of hydrogen-bond acceptors (Lipinski definition) is 6. The van der Waals surface area contributed by atoms with Crippen LogP contribution in [0, 0.1) is 11.3 Å². The first kappa shape index (κ1) is 22.0. The van der Waals surface area contributed by atoms with Crippen molar-refractivity contribution in [2.24, 2.45) is 0 Å². The SMILES string of the molecule is C/C(=C(/C#N)C(=O)CCC(O)C(O)CO)c1ccc2cc(N3CCCC3)ccc2c1. The highest BCUT2D eigenvalue weighted by atomic mass is 16.4. The molecule has 1 heterocycles. The van der Waals surface area contributed by atoms with Crippen molar-refractivity contribution in [2.75, 3.05) is 24.6 Å². The number of rotatable bonds is 8. The zero-order valence-corrected chi connectivity index (χ0v) is 17.2. The molecule has 0 saturated carbocycles. The van der Waals surface area contributed by atoms with Crippen LogP contribution < -0.4 is 4.90 Å². The van der Waals surface area contributed by atoms with Gasteiger partial charge in [0.2, 0.25) is 0 Å². The lowest BCUT2D eigenvalue weighted by atomic mass is 9.94. The molecule has 6 heteroatoms. The van der Waals surface area contributed by atoms with E-state index >= 15 is 0 Å². The number of nitriles is 1. The third kappa shape index (κ3) is 4.88. The monoisotopic (exact) mass is 408 g/mol. The summed E-state index contributed by atoms with van der Waals surface area (Å²) in [6.07, 6.45) is -0.144. The van der Waals surface area contributed by atoms with Gasteiger partial charge in [0.15, 0.2) is 5.78 Å². The highest BCUT2D eigenvalue weighted by Gasteiger charge is 2.20. The first-order valence-electron chi connectivity index (χ1n) is 10.3. The average molecular weight is 408 g/mol. The van der Waals surface area contributed by atoms with E-state index in [0.29, 0.717) is 5.57 Å². The number of aliphatic hydroxyl groups excluding tert-OH is 3. The summed E-state index contributed by atoms with van der Waals surface area (Å²) in [7, 11) is 0. The number of Topliss-reactive ketones (excluding diaryl/α,β-unsaturated/α-hetero) is 1. The second-order valence-corrected chi connectivity index (χ2v) is 7.83. The number of aliphatic hydroxyl groups is 3. The molecule has 0 spiro atoms. The standard InChI is InChI=1S/C24H28N2O4/c1-16(21(14-25)22(28)8-9-23(29)24(30)15-27)17-4-5-19-13-20(7-6-18(19)12-17)26-10-2-3-11-26/h4-7,12-13,23-24,27,29-30H,2-3,8-11,15H2,1H3/b21-16+. The molecule has 158 valence electrons. The first-order valence-corrected chi connectivity index (χ1v) is 10.3. The summed E-state index contributed by atoms with van der Waals surface area (Å²) in [5, 5.41) is 39.7. The molecule has 0 radical (unpaired) electrons. The maximum Gasteiger partial charge on any atom is 0.173 e. The molecule has 1 fully saturated rings. The Morgan fingerprint density at radius 3 is 2.43 bits per heavy atom. The molecular formula is C24H28N2O4. The average Bonchev–Trinajstić information content (AvgIpc) is 3.31. The summed E-state index contributed by atoms with van der Waals surface area (Å²) in [6, 6.07) is 14.3. The summed E-state index contributed by atoms with van der Waals surface area (Å²) in [5.74, 6) is -0.385. The van der Waals surface area contributed by atoms with E-state index in [4.69, 9.17) is 5.11 Å². The summed E-state index contributed by atoms with van der Waals surface area (Å²) in [5.41, 5.74) is 2.66. The van der Waals surface area contributed by atoms with Crippen LogP contribution in [0.3, 0.4) is 0 Å². The fraction of sp³-hybridized carbons (Fsp3) is 0.417. The van der Waals surface area contributed by atoms with Crippen LogP contribution in [-0.4, -0.2) is 53.0 Å². The van der Waals surface area contributed by atoms with Crippen molar-refractivity contribution >= 4 is 27.8 Å². The minimum absolute atomic E-state index is 0.0178. The van der Waals surface area contributed by atoms with Crippen molar-refractivity contribution < 1.29 is 20.1 Å². The summed E-state index contributed by atoms with van der Waals surface area (Å²) >= 11 is 0. The Morgan fingerprint density at radius 2 is 1.77 bits per heavy atom. The Bertz CT molecular complexity index is 986. The van der Waals surface area contributed by atoms with Gasteiger partial charge in [-0.2, -0.15) is 5.26 Å². The number of ketones is 1. The van der Waals surface area contributed by atoms with Crippen LogP contribution in [0.4, 0.5) is 5.69 Å². The molecule has 2 atom stereocenters. The van der Waals surface area contributed by atoms with Gasteiger partial charge >= 0.3 is 0 Å². The Balaban J connectivity index is 1.81. The van der Waals surface area contributed by atoms with Crippen LogP contribution in [0.5, 0.6) is 0 Å². The van der Waals surface area contributed by atoms with Gasteiger partial charge in [0.05, 0.1) is 18.3 Å². The van der Waals surface area contributed by atoms with Crippen LogP contribution in [0.1, 0.15) is 38.2 Å². The van der Waals surface area contributed by atoms with Gasteiger partial charge in [-0.15, -0.1) is 0 Å². The van der Waals surface area contributed by atoms with Gasteiger partial charge in [-0.05, 0) is 66.3 Å². The molecule has 6 nitrogen and oxygen atoms in total. The van der Waals surface area contributed by atoms with Crippen molar-refractivity contribution in [3.05, 3.63) is 47.5 Å². The molecule has 1 aliphatic rings. The number of anilines is 1. The molecular weight excluding hydrogens is 380 g/mol. The van der Waals surface area contributed by atoms with E-state index in [9.17, 15) is 20.3 Å². The number of carbonyl (C=O) groups is 1. The molecule has 0 aliphatic carbocycles. The molecule has 3 rings (SSSR count). The van der Waals surface area contributed by atoms with Crippen molar-refractivity contribution in [1.29, 1.82) is 5.26 Å². The predicted molar refractivity (Wildman–Crippen MR) is 117 cm³/mol. The lowest BCUT2D eigenvalue weighted by Crippen LogP contribution is -2.29. The third-order valence-corrected chi connectivity index (χ3v) is 5.79. The highest BCUT2D eigenvalue weighted by Crippen LogP contribution is 2.28. The molecule has 2 unspecified atom stereocenters. The van der Waals surface area contributed by atoms with Crippen LogP contribution in [0.15, 0.2) is 42.0 Å². The molecule has 1 aliphatic heterocycles. The quantitative estimate of drug-likeness (QED) is 0.458. The Morgan fingerprint density at radius 1 is 1.10 bits per heavy atom. The molecule has 0 amide bonds. The zero-order chi connectivity index (χ0) is 21.7. The number of fused-ring (bicyclic) bond motifs is 1. The topological polar surface area (TPSA) is 105 Å². The lowest BCUT2D eigenvalue weighted by Gasteiger charge is -2.18. The maximum atomic E-state index is 12.5. The van der Waals surface area contributed by atoms with E-state index in [1.54, 1.807) is 6.92 Å². The molecule has 1 saturated heterocycles. The van der Waals surface area contributed by atoms with Crippen LogP contribution in [0.2, 0.25) is 0 Å². The number of benzene rings is 2. The fourth-order valence-corrected chi connectivity index (χ4v) is 3.86. The Labute approximate surface area is 176 Å². The molecule has 2 aromatic rings. The second-order valence-electron chi connectivity index (χ2n) is 7.83. The van der Waals surface area contributed by atoms with Gasteiger partial charge in [0.1, 0.15) is 12.2 Å². The van der Waals surface area contributed by atoms with E-state index in [1.807, 2.05) is 24.3 Å². The Hall–Kier alpha value is -2.72. The van der Waals surface area contributed by atoms with Gasteiger partial charge < -0.3 is 20.2 Å². The van der Waals surface area contributed by atoms with Crippen LogP contribution in [-0.2, 0) is 4.79 Å². The number of allylic oxidation sites excluding steroid dienone is 2. The maximum absolute atomic E-state index is 12.5. The van der Waals surface area contributed by atoms with Gasteiger partial charge in [-0.25, -0.2) is 0 Å². The third-order valence-electron chi connectivity index (χ3n) is 5.79. The van der Waals surface area contributed by atoms with E-state index in [1.165, 1.54) is 18.5 Å². The van der Waals surface area contributed by atoms with Crippen molar-refractivity contribution in [3.63, 3.8) is 0 Å². The summed E-state index contributed by atoms with van der Waals surface area (Å²) in [6.45, 7) is 3.34. The smallest absolute Gasteiger partial charge is 0.173 e. The summed E-state index contributed by atoms with van der Waals surface area (Å²) < 4.78 is 0. The van der Waals surface area contributed by atoms with E-state index in [-0.39, 0.29) is 24.2 Å². The zero-order valence-electron chi connectivity index (χ0n) is 17.2. The van der Waals surface area contributed by atoms with Gasteiger partial charge in [0.25, 0.3) is 0 Å². The predicted octanol–water partition coefficient (Wildman–Crippen LogP) is 2.80. The first-order chi connectivity index (χ1) is 14.4. The molecule has 0 aromatic heterocycles. The Kier molecular flexibility index (Phi) is 7.22. The minimum atomic E-state index is -1.29.